The Kier molecular flexibility index (Phi) is 4.56. The number of nitrogens with two attached hydrogens (primary N) is 1. The number of anilines is 1. The molecule has 24 heavy (non-hydrogen) atoms. The standard InChI is InChI=1S/C15H11F3N2O2S.ClH/c16-15(17,18)11-2-1-3-13(8-11)23(21,22)20-7-6-10-4-5-12(19)9-14(10)20;/h1-9H,19H2;1H. The highest BCUT2D eigenvalue weighted by atomic mass is 35.5. The van der Waals surface area contributed by atoms with Crippen LogP contribution >= 0.6 is 12.4 Å². The molecule has 3 aromatic rings. The van der Waals surface area contributed by atoms with Gasteiger partial charge in [-0.3, -0.25) is 0 Å². The molecule has 0 fully saturated rings. The third kappa shape index (κ3) is 3.07. The van der Waals surface area contributed by atoms with E-state index in [1.807, 2.05) is 0 Å². The quantitative estimate of drug-likeness (QED) is 0.690. The molecule has 0 aliphatic rings. The zero-order valence-corrected chi connectivity index (χ0v) is 13.6. The molecule has 2 N–H and O–H groups in total. The van der Waals surface area contributed by atoms with Crippen molar-refractivity contribution in [2.24, 2.45) is 0 Å². The highest BCUT2D eigenvalue weighted by molar-refractivity contribution is 7.90. The van der Waals surface area contributed by atoms with E-state index in [4.69, 9.17) is 5.73 Å². The summed E-state index contributed by atoms with van der Waals surface area (Å²) in [6.45, 7) is 0. The van der Waals surface area contributed by atoms with Crippen molar-refractivity contribution in [3.8, 4) is 0 Å². The number of hydrogen-bond donors (Lipinski definition) is 1. The second-order valence-electron chi connectivity index (χ2n) is 4.96. The highest BCUT2D eigenvalue weighted by Gasteiger charge is 2.32. The van der Waals surface area contributed by atoms with Gasteiger partial charge in [0.15, 0.2) is 0 Å². The normalized spacial score (nSPS) is 12.1. The molecule has 4 nitrogen and oxygen atoms in total. The number of rotatable bonds is 2. The molecule has 0 aliphatic carbocycles. The largest absolute Gasteiger partial charge is 0.416 e. The van der Waals surface area contributed by atoms with Crippen LogP contribution in [0.5, 0.6) is 0 Å². The topological polar surface area (TPSA) is 65.1 Å². The molecule has 0 radical (unpaired) electrons. The van der Waals surface area contributed by atoms with E-state index in [0.717, 1.165) is 22.2 Å². The second-order valence-corrected chi connectivity index (χ2v) is 6.78. The molecular formula is C15H12ClF3N2O2S. The van der Waals surface area contributed by atoms with Gasteiger partial charge in [-0.15, -0.1) is 12.4 Å². The highest BCUT2D eigenvalue weighted by Crippen LogP contribution is 2.31. The number of halogens is 4. The van der Waals surface area contributed by atoms with Crippen molar-refractivity contribution in [2.45, 2.75) is 11.1 Å². The lowest BCUT2D eigenvalue weighted by molar-refractivity contribution is -0.137. The monoisotopic (exact) mass is 376 g/mol. The summed E-state index contributed by atoms with van der Waals surface area (Å²) >= 11 is 0. The van der Waals surface area contributed by atoms with Crippen LogP contribution in [-0.4, -0.2) is 12.4 Å². The summed E-state index contributed by atoms with van der Waals surface area (Å²) in [5, 5.41) is 0.620. The van der Waals surface area contributed by atoms with Crippen LogP contribution in [0.4, 0.5) is 18.9 Å². The third-order valence-electron chi connectivity index (χ3n) is 3.40. The number of alkyl halides is 3. The zero-order chi connectivity index (χ0) is 16.8. The summed E-state index contributed by atoms with van der Waals surface area (Å²) in [6, 6.07) is 9.91. The maximum Gasteiger partial charge on any atom is 0.416 e. The number of nitrogens with zero attached hydrogens (tertiary/aromatic N) is 1. The fourth-order valence-corrected chi connectivity index (χ4v) is 3.67. The first-order valence-corrected chi connectivity index (χ1v) is 7.93. The summed E-state index contributed by atoms with van der Waals surface area (Å²) in [5.74, 6) is 0. The minimum Gasteiger partial charge on any atom is -0.399 e. The Morgan fingerprint density at radius 3 is 2.38 bits per heavy atom. The van der Waals surface area contributed by atoms with Gasteiger partial charge in [0, 0.05) is 17.3 Å². The zero-order valence-electron chi connectivity index (χ0n) is 12.0. The Morgan fingerprint density at radius 1 is 1.00 bits per heavy atom. The van der Waals surface area contributed by atoms with Crippen molar-refractivity contribution in [3.05, 3.63) is 60.3 Å². The minimum absolute atomic E-state index is 0. The predicted octanol–water partition coefficient (Wildman–Crippen LogP) is 3.90. The molecule has 3 rings (SSSR count). The minimum atomic E-state index is -4.62. The van der Waals surface area contributed by atoms with Gasteiger partial charge in [-0.2, -0.15) is 13.2 Å². The van der Waals surface area contributed by atoms with E-state index in [-0.39, 0.29) is 12.4 Å². The Labute approximate surface area is 142 Å². The van der Waals surface area contributed by atoms with Crippen LogP contribution in [0.3, 0.4) is 0 Å². The number of fused-ring (bicyclic) bond motifs is 1. The van der Waals surface area contributed by atoms with E-state index in [2.05, 4.69) is 0 Å². The molecular weight excluding hydrogens is 365 g/mol. The number of benzene rings is 2. The Bertz CT molecular complexity index is 997. The van der Waals surface area contributed by atoms with Gasteiger partial charge < -0.3 is 5.73 Å². The van der Waals surface area contributed by atoms with Crippen molar-refractivity contribution in [2.75, 3.05) is 5.73 Å². The summed E-state index contributed by atoms with van der Waals surface area (Å²) in [7, 11) is -4.16. The fraction of sp³-hybridized carbons (Fsp3) is 0.0667. The number of nitrogen functional groups attached to an aromatic ring is 1. The predicted molar refractivity (Wildman–Crippen MR) is 87.6 cm³/mol. The molecule has 0 bridgehead atoms. The molecule has 0 aliphatic heterocycles. The van der Waals surface area contributed by atoms with E-state index < -0.39 is 26.7 Å². The molecule has 0 unspecified atom stereocenters. The first kappa shape index (κ1) is 18.2. The van der Waals surface area contributed by atoms with Crippen LogP contribution in [-0.2, 0) is 16.2 Å². The van der Waals surface area contributed by atoms with Gasteiger partial charge in [-0.1, -0.05) is 12.1 Å². The van der Waals surface area contributed by atoms with Crippen LogP contribution in [0.2, 0.25) is 0 Å². The second kappa shape index (κ2) is 6.03. The maximum absolute atomic E-state index is 12.8. The average molecular weight is 377 g/mol. The summed E-state index contributed by atoms with van der Waals surface area (Å²) in [5.41, 5.74) is 5.31. The van der Waals surface area contributed by atoms with Crippen LogP contribution in [0, 0.1) is 0 Å². The van der Waals surface area contributed by atoms with Gasteiger partial charge in [0.1, 0.15) is 0 Å². The van der Waals surface area contributed by atoms with Crippen molar-refractivity contribution < 1.29 is 21.6 Å². The van der Waals surface area contributed by atoms with Gasteiger partial charge in [0.2, 0.25) is 0 Å². The Balaban J connectivity index is 0.00000208. The first-order chi connectivity index (χ1) is 10.7. The van der Waals surface area contributed by atoms with E-state index in [9.17, 15) is 21.6 Å². The van der Waals surface area contributed by atoms with E-state index in [1.54, 1.807) is 18.2 Å². The van der Waals surface area contributed by atoms with Crippen LogP contribution in [0.15, 0.2) is 59.6 Å². The molecule has 0 saturated carbocycles. The molecule has 0 atom stereocenters. The molecule has 2 aromatic carbocycles. The lowest BCUT2D eigenvalue weighted by Gasteiger charge is -2.11. The van der Waals surface area contributed by atoms with Gasteiger partial charge in [-0.05, 0) is 36.4 Å². The lowest BCUT2D eigenvalue weighted by Crippen LogP contribution is -2.13. The van der Waals surface area contributed by atoms with Gasteiger partial charge in [0.25, 0.3) is 10.0 Å². The van der Waals surface area contributed by atoms with Gasteiger partial charge >= 0.3 is 6.18 Å². The summed E-state index contributed by atoms with van der Waals surface area (Å²) in [4.78, 5) is -0.438. The van der Waals surface area contributed by atoms with E-state index in [0.29, 0.717) is 22.7 Å². The van der Waals surface area contributed by atoms with Crippen molar-refractivity contribution in [3.63, 3.8) is 0 Å². The molecule has 0 saturated heterocycles. The smallest absolute Gasteiger partial charge is 0.399 e. The number of aromatic nitrogens is 1. The van der Waals surface area contributed by atoms with Gasteiger partial charge in [0.05, 0.1) is 16.0 Å². The number of hydrogen-bond acceptors (Lipinski definition) is 3. The van der Waals surface area contributed by atoms with Gasteiger partial charge in [-0.25, -0.2) is 12.4 Å². The van der Waals surface area contributed by atoms with Crippen LogP contribution < -0.4 is 5.73 Å². The Hall–Kier alpha value is -2.19. The van der Waals surface area contributed by atoms with Crippen molar-refractivity contribution in [1.29, 1.82) is 0 Å². The summed E-state index contributed by atoms with van der Waals surface area (Å²) < 4.78 is 64.6. The third-order valence-corrected chi connectivity index (χ3v) is 5.09. The first-order valence-electron chi connectivity index (χ1n) is 6.49. The molecule has 0 spiro atoms. The molecule has 1 aromatic heterocycles. The summed E-state index contributed by atoms with van der Waals surface area (Å²) in [6.07, 6.45) is -3.32. The van der Waals surface area contributed by atoms with Crippen LogP contribution in [0.25, 0.3) is 10.9 Å². The average Bonchev–Trinajstić information content (AvgIpc) is 2.90. The van der Waals surface area contributed by atoms with Crippen LogP contribution in [0.1, 0.15) is 5.56 Å². The molecule has 0 amide bonds. The molecule has 9 heteroatoms. The van der Waals surface area contributed by atoms with E-state index in [1.165, 1.54) is 12.3 Å². The van der Waals surface area contributed by atoms with Crippen molar-refractivity contribution >= 4 is 39.0 Å². The van der Waals surface area contributed by atoms with E-state index >= 15 is 0 Å². The Morgan fingerprint density at radius 2 is 1.71 bits per heavy atom. The SMILES string of the molecule is Cl.Nc1ccc2ccn(S(=O)(=O)c3cccc(C(F)(F)F)c3)c2c1. The molecule has 128 valence electrons. The fourth-order valence-electron chi connectivity index (χ4n) is 2.28. The van der Waals surface area contributed by atoms with Crippen molar-refractivity contribution in [1.82, 2.24) is 3.97 Å². The molecule has 1 heterocycles. The maximum atomic E-state index is 12.8. The lowest BCUT2D eigenvalue weighted by atomic mass is 10.2.